The molecule has 0 bridgehead atoms. The highest BCUT2D eigenvalue weighted by Crippen LogP contribution is 2.36. The minimum atomic E-state index is -1.32. The van der Waals surface area contributed by atoms with Crippen molar-refractivity contribution >= 4 is 23.2 Å². The normalized spacial score (nSPS) is 22.1. The summed E-state index contributed by atoms with van der Waals surface area (Å²) in [6.45, 7) is 1.06. The minimum Gasteiger partial charge on any atom is -0.378 e. The Morgan fingerprint density at radius 2 is 2.05 bits per heavy atom. The molecule has 1 fully saturated rings. The molecule has 1 atom stereocenters. The van der Waals surface area contributed by atoms with Crippen molar-refractivity contribution in [2.45, 2.75) is 18.9 Å². The average Bonchev–Trinajstić information content (AvgIpc) is 2.73. The highest BCUT2D eigenvalue weighted by molar-refractivity contribution is 6.02. The Morgan fingerprint density at radius 3 is 2.67 bits per heavy atom. The van der Waals surface area contributed by atoms with E-state index in [0.717, 1.165) is 0 Å². The lowest BCUT2D eigenvalue weighted by Crippen LogP contribution is -2.38. The van der Waals surface area contributed by atoms with Crippen LogP contribution in [0.2, 0.25) is 0 Å². The van der Waals surface area contributed by atoms with Crippen LogP contribution < -0.4 is 16.0 Å². The molecule has 2 amide bonds. The molecular formula is C14H16FN3O3. The molecule has 112 valence electrons. The Bertz CT molecular complexity index is 612. The molecule has 2 aliphatic heterocycles. The smallest absolute Gasteiger partial charge is 0.257 e. The fourth-order valence-corrected chi connectivity index (χ4v) is 2.90. The molecule has 2 aliphatic rings. The molecule has 0 spiro atoms. The second-order valence-corrected chi connectivity index (χ2v) is 5.45. The van der Waals surface area contributed by atoms with Crippen molar-refractivity contribution < 1.29 is 19.1 Å². The number of benzene rings is 1. The molecule has 6 nitrogen and oxygen atoms in total. The summed E-state index contributed by atoms with van der Waals surface area (Å²) in [7, 11) is 0. The Hall–Kier alpha value is -2.15. The van der Waals surface area contributed by atoms with E-state index >= 15 is 0 Å². The topological polar surface area (TPSA) is 95.7 Å². The molecule has 1 saturated heterocycles. The first-order valence-electron chi connectivity index (χ1n) is 6.84. The van der Waals surface area contributed by atoms with Crippen LogP contribution in [0.25, 0.3) is 0 Å². The first-order valence-corrected chi connectivity index (χ1v) is 6.84. The second kappa shape index (κ2) is 5.00. The van der Waals surface area contributed by atoms with Gasteiger partial charge in [-0.05, 0) is 25.0 Å². The molecule has 1 aromatic carbocycles. The Labute approximate surface area is 120 Å². The summed E-state index contributed by atoms with van der Waals surface area (Å²) in [6.07, 6.45) is -0.147. The van der Waals surface area contributed by atoms with Crippen molar-refractivity contribution in [2.24, 2.45) is 11.7 Å². The largest absolute Gasteiger partial charge is 0.378 e. The van der Waals surface area contributed by atoms with Crippen LogP contribution in [0.4, 0.5) is 15.8 Å². The maximum atomic E-state index is 14.2. The van der Waals surface area contributed by atoms with Gasteiger partial charge in [-0.15, -0.1) is 0 Å². The van der Waals surface area contributed by atoms with Crippen molar-refractivity contribution in [2.75, 3.05) is 23.3 Å². The number of aliphatic hydroxyl groups excluding tert-OH is 1. The molecule has 3 rings (SSSR count). The summed E-state index contributed by atoms with van der Waals surface area (Å²) in [4.78, 5) is 24.4. The van der Waals surface area contributed by atoms with E-state index in [-0.39, 0.29) is 17.4 Å². The monoisotopic (exact) mass is 293 g/mol. The Morgan fingerprint density at radius 1 is 1.38 bits per heavy atom. The van der Waals surface area contributed by atoms with E-state index in [0.29, 0.717) is 37.3 Å². The van der Waals surface area contributed by atoms with Crippen LogP contribution in [-0.2, 0) is 9.59 Å². The molecule has 7 heteroatoms. The molecule has 1 aromatic rings. The van der Waals surface area contributed by atoms with E-state index in [1.807, 2.05) is 4.90 Å². The molecule has 0 aliphatic carbocycles. The van der Waals surface area contributed by atoms with Gasteiger partial charge in [0.1, 0.15) is 5.82 Å². The predicted molar refractivity (Wildman–Crippen MR) is 74.1 cm³/mol. The fourth-order valence-electron chi connectivity index (χ4n) is 2.90. The van der Waals surface area contributed by atoms with Gasteiger partial charge in [0.15, 0.2) is 6.10 Å². The van der Waals surface area contributed by atoms with Gasteiger partial charge >= 0.3 is 0 Å². The van der Waals surface area contributed by atoms with Gasteiger partial charge in [0, 0.05) is 30.3 Å². The number of fused-ring (bicyclic) bond motifs is 1. The fraction of sp³-hybridized carbons (Fsp3) is 0.429. The molecule has 4 N–H and O–H groups in total. The number of piperidine rings is 1. The molecule has 21 heavy (non-hydrogen) atoms. The molecule has 0 radical (unpaired) electrons. The van der Waals surface area contributed by atoms with E-state index < -0.39 is 17.8 Å². The number of hydrogen-bond acceptors (Lipinski definition) is 4. The van der Waals surface area contributed by atoms with E-state index in [9.17, 15) is 19.1 Å². The number of halogens is 1. The number of amides is 2. The summed E-state index contributed by atoms with van der Waals surface area (Å²) in [5.41, 5.74) is 6.33. The maximum Gasteiger partial charge on any atom is 0.257 e. The maximum absolute atomic E-state index is 14.2. The third-order valence-corrected chi connectivity index (χ3v) is 4.16. The van der Waals surface area contributed by atoms with E-state index in [1.54, 1.807) is 0 Å². The lowest BCUT2D eigenvalue weighted by molar-refractivity contribution is -0.123. The van der Waals surface area contributed by atoms with Crippen molar-refractivity contribution in [1.29, 1.82) is 0 Å². The van der Waals surface area contributed by atoms with Gasteiger partial charge in [-0.25, -0.2) is 4.39 Å². The van der Waals surface area contributed by atoms with Crippen LogP contribution >= 0.6 is 0 Å². The number of primary amides is 1. The first kappa shape index (κ1) is 13.8. The van der Waals surface area contributed by atoms with Crippen molar-refractivity contribution in [1.82, 2.24) is 0 Å². The van der Waals surface area contributed by atoms with Crippen LogP contribution in [-0.4, -0.2) is 30.0 Å². The number of anilines is 2. The van der Waals surface area contributed by atoms with Gasteiger partial charge in [0.2, 0.25) is 5.91 Å². The summed E-state index contributed by atoms with van der Waals surface area (Å²) >= 11 is 0. The third kappa shape index (κ3) is 2.33. The van der Waals surface area contributed by atoms with Crippen LogP contribution in [0.1, 0.15) is 24.5 Å². The zero-order valence-electron chi connectivity index (χ0n) is 11.3. The summed E-state index contributed by atoms with van der Waals surface area (Å²) < 4.78 is 14.2. The number of rotatable bonds is 2. The van der Waals surface area contributed by atoms with Crippen LogP contribution in [0, 0.1) is 11.7 Å². The van der Waals surface area contributed by atoms with Crippen LogP contribution in [0.5, 0.6) is 0 Å². The van der Waals surface area contributed by atoms with Gasteiger partial charge in [0.25, 0.3) is 5.91 Å². The highest BCUT2D eigenvalue weighted by Gasteiger charge is 2.31. The van der Waals surface area contributed by atoms with E-state index in [1.165, 1.54) is 12.1 Å². The summed E-state index contributed by atoms with van der Waals surface area (Å²) in [6, 6.07) is 2.72. The summed E-state index contributed by atoms with van der Waals surface area (Å²) in [5.74, 6) is -1.52. The lowest BCUT2D eigenvalue weighted by Gasteiger charge is -2.32. The number of hydrogen-bond donors (Lipinski definition) is 3. The molecule has 0 aromatic heterocycles. The molecular weight excluding hydrogens is 277 g/mol. The number of carbonyl (C=O) groups is 2. The van der Waals surface area contributed by atoms with Crippen molar-refractivity contribution in [3.63, 3.8) is 0 Å². The molecule has 0 saturated carbocycles. The molecule has 2 heterocycles. The second-order valence-electron chi connectivity index (χ2n) is 5.45. The van der Waals surface area contributed by atoms with E-state index in [2.05, 4.69) is 5.32 Å². The number of nitrogens with zero attached hydrogens (tertiary/aromatic N) is 1. The standard InChI is InChI=1S/C14H16FN3O3/c15-9-5-8-10(17-14(21)12(8)19)6-11(9)18-3-1-7(2-4-18)13(16)20/h5-7,12,19H,1-4H2,(H2,16,20)(H,17,21). The van der Waals surface area contributed by atoms with Gasteiger partial charge in [-0.1, -0.05) is 0 Å². The SMILES string of the molecule is NC(=O)C1CCN(c2cc3c(cc2F)C(O)C(=O)N3)CC1. The number of carbonyl (C=O) groups excluding carboxylic acids is 2. The number of nitrogens with one attached hydrogen (secondary N) is 1. The van der Waals surface area contributed by atoms with Crippen LogP contribution in [0.15, 0.2) is 12.1 Å². The quantitative estimate of drug-likeness (QED) is 0.740. The Balaban J connectivity index is 1.83. The number of aliphatic hydroxyl groups is 1. The summed E-state index contributed by atoms with van der Waals surface area (Å²) in [5, 5.41) is 12.2. The lowest BCUT2D eigenvalue weighted by atomic mass is 9.95. The average molecular weight is 293 g/mol. The number of nitrogens with two attached hydrogens (primary N) is 1. The minimum absolute atomic E-state index is 0.166. The van der Waals surface area contributed by atoms with E-state index in [4.69, 9.17) is 5.73 Å². The van der Waals surface area contributed by atoms with Gasteiger partial charge in [0.05, 0.1) is 5.69 Å². The predicted octanol–water partition coefficient (Wildman–Crippen LogP) is 0.513. The van der Waals surface area contributed by atoms with Gasteiger partial charge in [-0.2, -0.15) is 0 Å². The zero-order valence-corrected chi connectivity index (χ0v) is 11.3. The third-order valence-electron chi connectivity index (χ3n) is 4.16. The van der Waals surface area contributed by atoms with Gasteiger partial charge in [-0.3, -0.25) is 9.59 Å². The van der Waals surface area contributed by atoms with Crippen LogP contribution in [0.3, 0.4) is 0 Å². The van der Waals surface area contributed by atoms with Crippen molar-refractivity contribution in [3.8, 4) is 0 Å². The zero-order chi connectivity index (χ0) is 15.1. The van der Waals surface area contributed by atoms with Crippen molar-refractivity contribution in [3.05, 3.63) is 23.5 Å². The Kier molecular flexibility index (Phi) is 3.29. The highest BCUT2D eigenvalue weighted by atomic mass is 19.1. The van der Waals surface area contributed by atoms with Gasteiger partial charge < -0.3 is 21.1 Å². The molecule has 1 unspecified atom stereocenters. The first-order chi connectivity index (χ1) is 9.97.